The molecule has 2 amide bonds. The van der Waals surface area contributed by atoms with E-state index in [0.717, 1.165) is 36.3 Å². The van der Waals surface area contributed by atoms with E-state index in [1.165, 1.54) is 6.07 Å². The molecule has 0 aliphatic rings. The van der Waals surface area contributed by atoms with Crippen LogP contribution in [0.4, 0.5) is 8.78 Å². The highest BCUT2D eigenvalue weighted by atomic mass is 19.1. The summed E-state index contributed by atoms with van der Waals surface area (Å²) in [6.45, 7) is 4.09. The van der Waals surface area contributed by atoms with Gasteiger partial charge in [-0.3, -0.25) is 9.59 Å². The number of hydrogen-bond donors (Lipinski definition) is 2. The van der Waals surface area contributed by atoms with E-state index in [9.17, 15) is 18.4 Å². The molecule has 0 aliphatic heterocycles. The van der Waals surface area contributed by atoms with Crippen molar-refractivity contribution in [1.82, 2.24) is 10.6 Å². The normalized spacial score (nSPS) is 12.0. The first-order valence-electron chi connectivity index (χ1n) is 8.70. The molecule has 0 spiro atoms. The van der Waals surface area contributed by atoms with Gasteiger partial charge in [-0.2, -0.15) is 0 Å². The molecule has 6 heteroatoms. The molecule has 0 fully saturated rings. The number of carbonyl (C=O) groups is 2. The van der Waals surface area contributed by atoms with Gasteiger partial charge in [0.1, 0.15) is 11.6 Å². The van der Waals surface area contributed by atoms with E-state index in [1.54, 1.807) is 24.3 Å². The summed E-state index contributed by atoms with van der Waals surface area (Å²) in [4.78, 5) is 24.0. The summed E-state index contributed by atoms with van der Waals surface area (Å²) in [6, 6.07) is 10.5. The van der Waals surface area contributed by atoms with E-state index >= 15 is 0 Å². The molecule has 4 nitrogen and oxygen atoms in total. The number of nitrogens with one attached hydrogen (secondary N) is 2. The van der Waals surface area contributed by atoms with Gasteiger partial charge in [0.25, 0.3) is 5.91 Å². The van der Waals surface area contributed by atoms with E-state index in [2.05, 4.69) is 10.6 Å². The van der Waals surface area contributed by atoms with Crippen LogP contribution < -0.4 is 10.6 Å². The van der Waals surface area contributed by atoms with Crippen molar-refractivity contribution in [3.8, 4) is 0 Å². The molecule has 0 radical (unpaired) electrons. The summed E-state index contributed by atoms with van der Waals surface area (Å²) >= 11 is 0. The quantitative estimate of drug-likeness (QED) is 0.726. The highest BCUT2D eigenvalue weighted by molar-refractivity contribution is 5.94. The Morgan fingerprint density at radius 2 is 1.78 bits per heavy atom. The van der Waals surface area contributed by atoms with Crippen molar-refractivity contribution in [3.63, 3.8) is 0 Å². The largest absolute Gasteiger partial charge is 0.350 e. The van der Waals surface area contributed by atoms with Gasteiger partial charge in [0.2, 0.25) is 5.91 Å². The predicted molar refractivity (Wildman–Crippen MR) is 101 cm³/mol. The Morgan fingerprint density at radius 3 is 2.44 bits per heavy atom. The molecule has 0 aliphatic carbocycles. The molecule has 2 aromatic rings. The van der Waals surface area contributed by atoms with Gasteiger partial charge < -0.3 is 10.6 Å². The van der Waals surface area contributed by atoms with Gasteiger partial charge >= 0.3 is 0 Å². The second kappa shape index (κ2) is 9.62. The van der Waals surface area contributed by atoms with Crippen LogP contribution in [0.2, 0.25) is 0 Å². The average Bonchev–Trinajstić information content (AvgIpc) is 2.66. The average molecular weight is 372 g/mol. The lowest BCUT2D eigenvalue weighted by Crippen LogP contribution is -2.32. The standard InChI is InChI=1S/C21H22F2N2O2/c1-3-14(2)25-21(27)16-7-4-6-15(12-16)13-24-20(26)11-10-17-18(22)8-5-9-19(17)23/h4-12,14H,3,13H2,1-2H3,(H,24,26)(H,25,27)/b11-10+. The fourth-order valence-corrected chi connectivity index (χ4v) is 2.31. The van der Waals surface area contributed by atoms with Crippen LogP contribution in [0.3, 0.4) is 0 Å². The third kappa shape index (κ3) is 6.02. The number of amides is 2. The van der Waals surface area contributed by atoms with E-state index in [0.29, 0.717) is 5.56 Å². The molecular weight excluding hydrogens is 350 g/mol. The van der Waals surface area contributed by atoms with Crippen LogP contribution in [0.25, 0.3) is 6.08 Å². The first kappa shape index (κ1) is 20.3. The molecule has 2 N–H and O–H groups in total. The third-order valence-electron chi connectivity index (χ3n) is 4.05. The molecule has 0 saturated carbocycles. The highest BCUT2D eigenvalue weighted by Crippen LogP contribution is 2.13. The van der Waals surface area contributed by atoms with Gasteiger partial charge in [-0.15, -0.1) is 0 Å². The van der Waals surface area contributed by atoms with E-state index in [-0.39, 0.29) is 24.1 Å². The van der Waals surface area contributed by atoms with Crippen LogP contribution in [0.1, 0.15) is 41.8 Å². The fraction of sp³-hybridized carbons (Fsp3) is 0.238. The lowest BCUT2D eigenvalue weighted by molar-refractivity contribution is -0.116. The van der Waals surface area contributed by atoms with Gasteiger partial charge in [-0.05, 0) is 49.2 Å². The van der Waals surface area contributed by atoms with Gasteiger partial charge in [-0.25, -0.2) is 8.78 Å². The van der Waals surface area contributed by atoms with Crippen LogP contribution in [0.15, 0.2) is 48.5 Å². The van der Waals surface area contributed by atoms with Crippen molar-refractivity contribution in [3.05, 3.63) is 76.9 Å². The predicted octanol–water partition coefficient (Wildman–Crippen LogP) is 3.82. The van der Waals surface area contributed by atoms with Crippen molar-refractivity contribution in [1.29, 1.82) is 0 Å². The second-order valence-corrected chi connectivity index (χ2v) is 6.17. The van der Waals surface area contributed by atoms with Crippen molar-refractivity contribution >= 4 is 17.9 Å². The number of benzene rings is 2. The van der Waals surface area contributed by atoms with Crippen molar-refractivity contribution in [2.45, 2.75) is 32.9 Å². The monoisotopic (exact) mass is 372 g/mol. The Bertz CT molecular complexity index is 830. The number of rotatable bonds is 7. The van der Waals surface area contributed by atoms with Crippen molar-refractivity contribution < 1.29 is 18.4 Å². The third-order valence-corrected chi connectivity index (χ3v) is 4.05. The van der Waals surface area contributed by atoms with Crippen LogP contribution in [0, 0.1) is 11.6 Å². The number of hydrogen-bond acceptors (Lipinski definition) is 2. The van der Waals surface area contributed by atoms with E-state index in [4.69, 9.17) is 0 Å². The highest BCUT2D eigenvalue weighted by Gasteiger charge is 2.09. The molecular formula is C21H22F2N2O2. The molecule has 27 heavy (non-hydrogen) atoms. The van der Waals surface area contributed by atoms with Gasteiger partial charge in [0.15, 0.2) is 0 Å². The summed E-state index contributed by atoms with van der Waals surface area (Å²) in [7, 11) is 0. The minimum Gasteiger partial charge on any atom is -0.350 e. The Balaban J connectivity index is 1.96. The van der Waals surface area contributed by atoms with Gasteiger partial charge in [-0.1, -0.05) is 25.1 Å². The molecule has 1 atom stereocenters. The maximum atomic E-state index is 13.5. The van der Waals surface area contributed by atoms with Gasteiger partial charge in [0.05, 0.1) is 0 Å². The van der Waals surface area contributed by atoms with Crippen LogP contribution in [-0.2, 0) is 11.3 Å². The summed E-state index contributed by atoms with van der Waals surface area (Å²) in [5, 5.41) is 5.50. The molecule has 2 rings (SSSR count). The zero-order valence-electron chi connectivity index (χ0n) is 15.3. The van der Waals surface area contributed by atoms with Crippen molar-refractivity contribution in [2.24, 2.45) is 0 Å². The van der Waals surface area contributed by atoms with Crippen molar-refractivity contribution in [2.75, 3.05) is 0 Å². The number of carbonyl (C=O) groups excluding carboxylic acids is 2. The zero-order valence-corrected chi connectivity index (χ0v) is 15.3. The zero-order chi connectivity index (χ0) is 19.8. The van der Waals surface area contributed by atoms with Crippen LogP contribution >= 0.6 is 0 Å². The lowest BCUT2D eigenvalue weighted by Gasteiger charge is -2.12. The molecule has 1 unspecified atom stereocenters. The molecule has 0 aromatic heterocycles. The summed E-state index contributed by atoms with van der Waals surface area (Å²) in [6.07, 6.45) is 2.99. The maximum Gasteiger partial charge on any atom is 0.251 e. The Morgan fingerprint density at radius 1 is 1.11 bits per heavy atom. The molecule has 0 heterocycles. The summed E-state index contributed by atoms with van der Waals surface area (Å²) in [5.41, 5.74) is 0.980. The minimum atomic E-state index is -0.737. The Hall–Kier alpha value is -3.02. The molecule has 0 saturated heterocycles. The maximum absolute atomic E-state index is 13.5. The molecule has 0 bridgehead atoms. The smallest absolute Gasteiger partial charge is 0.251 e. The minimum absolute atomic E-state index is 0.0739. The van der Waals surface area contributed by atoms with Gasteiger partial charge in [0, 0.05) is 29.8 Å². The second-order valence-electron chi connectivity index (χ2n) is 6.17. The number of halogens is 2. The van der Waals surface area contributed by atoms with Crippen LogP contribution in [-0.4, -0.2) is 17.9 Å². The summed E-state index contributed by atoms with van der Waals surface area (Å²) in [5.74, 6) is -2.14. The first-order chi connectivity index (χ1) is 12.9. The van der Waals surface area contributed by atoms with E-state index < -0.39 is 17.5 Å². The molecule has 142 valence electrons. The van der Waals surface area contributed by atoms with E-state index in [1.807, 2.05) is 13.8 Å². The first-order valence-corrected chi connectivity index (χ1v) is 8.70. The topological polar surface area (TPSA) is 58.2 Å². The Labute approximate surface area is 157 Å². The summed E-state index contributed by atoms with van der Waals surface area (Å²) < 4.78 is 27.1. The SMILES string of the molecule is CCC(C)NC(=O)c1cccc(CNC(=O)/C=C/c2c(F)cccc2F)c1. The Kier molecular flexibility index (Phi) is 7.23. The lowest BCUT2D eigenvalue weighted by atomic mass is 10.1. The fourth-order valence-electron chi connectivity index (χ4n) is 2.31. The molecule has 2 aromatic carbocycles. The van der Waals surface area contributed by atoms with Crippen LogP contribution in [0.5, 0.6) is 0 Å².